The second-order valence-electron chi connectivity index (χ2n) is 5.91. The minimum atomic E-state index is -0.996. The summed E-state index contributed by atoms with van der Waals surface area (Å²) in [4.78, 5) is 23.3. The lowest BCUT2D eigenvalue weighted by molar-refractivity contribution is 0.0702. The van der Waals surface area contributed by atoms with Crippen LogP contribution >= 0.6 is 11.3 Å². The van der Waals surface area contributed by atoms with E-state index in [1.807, 2.05) is 0 Å². The first-order chi connectivity index (χ1) is 8.71. The Bertz CT molecular complexity index is 463. The summed E-state index contributed by atoms with van der Waals surface area (Å²) in [5.41, 5.74) is 0.0384. The Labute approximate surface area is 117 Å². The van der Waals surface area contributed by atoms with Gasteiger partial charge in [0.2, 0.25) is 0 Å². The van der Waals surface area contributed by atoms with E-state index < -0.39 is 5.97 Å². The molecule has 0 aromatic carbocycles. The Morgan fingerprint density at radius 3 is 2.37 bits per heavy atom. The summed E-state index contributed by atoms with van der Waals surface area (Å²) in [6.45, 7) is 9.13. The van der Waals surface area contributed by atoms with Gasteiger partial charge in [-0.2, -0.15) is 0 Å². The monoisotopic (exact) mass is 283 g/mol. The van der Waals surface area contributed by atoms with Crippen LogP contribution in [0.3, 0.4) is 0 Å². The van der Waals surface area contributed by atoms with Crippen LogP contribution in [0.25, 0.3) is 0 Å². The number of hydrogen-bond acceptors (Lipinski definition) is 3. The molecule has 4 nitrogen and oxygen atoms in total. The van der Waals surface area contributed by atoms with Crippen molar-refractivity contribution in [3.8, 4) is 0 Å². The third kappa shape index (κ3) is 5.03. The third-order valence-electron chi connectivity index (χ3n) is 2.73. The average Bonchev–Trinajstić information content (AvgIpc) is 2.73. The second-order valence-corrected chi connectivity index (χ2v) is 7.00. The lowest BCUT2D eigenvalue weighted by Crippen LogP contribution is -2.34. The van der Waals surface area contributed by atoms with Crippen molar-refractivity contribution in [3.63, 3.8) is 0 Å². The second kappa shape index (κ2) is 6.19. The molecule has 1 rings (SSSR count). The van der Waals surface area contributed by atoms with E-state index in [0.29, 0.717) is 17.3 Å². The van der Waals surface area contributed by atoms with E-state index in [1.165, 1.54) is 6.07 Å². The Kier molecular flexibility index (Phi) is 5.11. The summed E-state index contributed by atoms with van der Waals surface area (Å²) in [7, 11) is 0. The molecule has 106 valence electrons. The van der Waals surface area contributed by atoms with Crippen molar-refractivity contribution in [2.45, 2.75) is 34.1 Å². The molecule has 0 atom stereocenters. The largest absolute Gasteiger partial charge is 0.477 e. The molecule has 0 aliphatic rings. The molecule has 0 spiro atoms. The van der Waals surface area contributed by atoms with Crippen LogP contribution in [0.4, 0.5) is 0 Å². The number of aromatic carboxylic acids is 1. The van der Waals surface area contributed by atoms with Crippen molar-refractivity contribution in [3.05, 3.63) is 21.9 Å². The molecule has 0 radical (unpaired) electrons. The smallest absolute Gasteiger partial charge is 0.345 e. The minimum absolute atomic E-state index is 0.0384. The fraction of sp³-hybridized carbons (Fsp3) is 0.571. The molecular formula is C14H21NO3S. The molecule has 0 aliphatic carbocycles. The van der Waals surface area contributed by atoms with Crippen LogP contribution in [0.1, 0.15) is 53.5 Å². The summed E-state index contributed by atoms with van der Waals surface area (Å²) in [6.07, 6.45) is 1.03. The van der Waals surface area contributed by atoms with Crippen LogP contribution in [0.5, 0.6) is 0 Å². The summed E-state index contributed by atoms with van der Waals surface area (Å²) < 4.78 is 0. The molecule has 0 saturated heterocycles. The van der Waals surface area contributed by atoms with Crippen LogP contribution in [0, 0.1) is 11.3 Å². The predicted octanol–water partition coefficient (Wildman–Crippen LogP) is 3.25. The molecule has 0 bridgehead atoms. The molecule has 19 heavy (non-hydrogen) atoms. The van der Waals surface area contributed by atoms with E-state index in [2.05, 4.69) is 33.0 Å². The number of amides is 1. The highest BCUT2D eigenvalue weighted by molar-refractivity contribution is 7.15. The van der Waals surface area contributed by atoms with Crippen LogP contribution in [-0.4, -0.2) is 23.5 Å². The molecular weight excluding hydrogens is 262 g/mol. The lowest BCUT2D eigenvalue weighted by Gasteiger charge is -2.26. The number of nitrogens with one attached hydrogen (secondary N) is 1. The van der Waals surface area contributed by atoms with Gasteiger partial charge >= 0.3 is 5.97 Å². The fourth-order valence-electron chi connectivity index (χ4n) is 2.16. The van der Waals surface area contributed by atoms with Gasteiger partial charge in [-0.15, -0.1) is 11.3 Å². The van der Waals surface area contributed by atoms with Crippen molar-refractivity contribution in [1.82, 2.24) is 5.32 Å². The maximum absolute atomic E-state index is 11.9. The molecule has 0 unspecified atom stereocenters. The minimum Gasteiger partial charge on any atom is -0.477 e. The summed E-state index contributed by atoms with van der Waals surface area (Å²) in [6, 6.07) is 3.01. The molecule has 5 heteroatoms. The lowest BCUT2D eigenvalue weighted by atomic mass is 9.84. The maximum atomic E-state index is 11.9. The van der Waals surface area contributed by atoms with Gasteiger partial charge in [0, 0.05) is 6.54 Å². The highest BCUT2D eigenvalue weighted by atomic mass is 32.1. The average molecular weight is 283 g/mol. The number of thiophene rings is 1. The quantitative estimate of drug-likeness (QED) is 0.842. The molecule has 0 aliphatic heterocycles. The van der Waals surface area contributed by atoms with E-state index >= 15 is 0 Å². The van der Waals surface area contributed by atoms with Crippen molar-refractivity contribution < 1.29 is 14.7 Å². The van der Waals surface area contributed by atoms with E-state index in [1.54, 1.807) is 6.07 Å². The fourth-order valence-corrected chi connectivity index (χ4v) is 2.92. The number of hydrogen-bond donors (Lipinski definition) is 2. The SMILES string of the molecule is CC(C)CC(C)(C)CNC(=O)c1ccc(C(=O)O)s1. The Balaban J connectivity index is 2.57. The predicted molar refractivity (Wildman–Crippen MR) is 76.8 cm³/mol. The summed E-state index contributed by atoms with van der Waals surface area (Å²) in [5, 5.41) is 11.7. The number of carbonyl (C=O) groups is 2. The zero-order chi connectivity index (χ0) is 14.6. The maximum Gasteiger partial charge on any atom is 0.345 e. The van der Waals surface area contributed by atoms with E-state index in [9.17, 15) is 9.59 Å². The number of carbonyl (C=O) groups excluding carboxylic acids is 1. The molecule has 1 amide bonds. The van der Waals surface area contributed by atoms with Crippen molar-refractivity contribution in [2.75, 3.05) is 6.54 Å². The first kappa shape index (κ1) is 15.7. The van der Waals surface area contributed by atoms with Gasteiger partial charge in [-0.05, 0) is 29.9 Å². The molecule has 1 aromatic heterocycles. The highest BCUT2D eigenvalue weighted by Crippen LogP contribution is 2.24. The number of carboxylic acid groups (broad SMARTS) is 1. The number of carboxylic acids is 1. The Morgan fingerprint density at radius 1 is 1.32 bits per heavy atom. The highest BCUT2D eigenvalue weighted by Gasteiger charge is 2.21. The third-order valence-corrected chi connectivity index (χ3v) is 3.80. The van der Waals surface area contributed by atoms with Crippen LogP contribution in [0.2, 0.25) is 0 Å². The standard InChI is InChI=1S/C14H21NO3S/c1-9(2)7-14(3,4)8-15-12(16)10-5-6-11(19-10)13(17)18/h5-6,9H,7-8H2,1-4H3,(H,15,16)(H,17,18). The number of rotatable bonds is 6. The van der Waals surface area contributed by atoms with Gasteiger partial charge < -0.3 is 10.4 Å². The first-order valence-electron chi connectivity index (χ1n) is 6.32. The van der Waals surface area contributed by atoms with Gasteiger partial charge in [0.25, 0.3) is 5.91 Å². The molecule has 0 saturated carbocycles. The first-order valence-corrected chi connectivity index (χ1v) is 7.14. The Hall–Kier alpha value is -1.36. The van der Waals surface area contributed by atoms with Crippen LogP contribution in [-0.2, 0) is 0 Å². The van der Waals surface area contributed by atoms with Crippen molar-refractivity contribution in [2.24, 2.45) is 11.3 Å². The normalized spacial score (nSPS) is 11.6. The topological polar surface area (TPSA) is 66.4 Å². The molecule has 0 fully saturated rings. The van der Waals surface area contributed by atoms with Crippen LogP contribution in [0.15, 0.2) is 12.1 Å². The molecule has 2 N–H and O–H groups in total. The van der Waals surface area contributed by atoms with Crippen molar-refractivity contribution >= 4 is 23.2 Å². The van der Waals surface area contributed by atoms with Gasteiger partial charge in [-0.1, -0.05) is 27.7 Å². The van der Waals surface area contributed by atoms with Gasteiger partial charge in [0.15, 0.2) is 0 Å². The van der Waals surface area contributed by atoms with Crippen LogP contribution < -0.4 is 5.32 Å². The van der Waals surface area contributed by atoms with E-state index in [4.69, 9.17) is 5.11 Å². The van der Waals surface area contributed by atoms with Gasteiger partial charge in [0.1, 0.15) is 4.88 Å². The van der Waals surface area contributed by atoms with Crippen molar-refractivity contribution in [1.29, 1.82) is 0 Å². The molecule has 1 heterocycles. The summed E-state index contributed by atoms with van der Waals surface area (Å²) >= 11 is 1.00. The summed E-state index contributed by atoms with van der Waals surface area (Å²) in [5.74, 6) is -0.620. The van der Waals surface area contributed by atoms with E-state index in [0.717, 1.165) is 17.8 Å². The van der Waals surface area contributed by atoms with E-state index in [-0.39, 0.29) is 16.2 Å². The van der Waals surface area contributed by atoms with Gasteiger partial charge in [-0.25, -0.2) is 4.79 Å². The zero-order valence-electron chi connectivity index (χ0n) is 11.8. The van der Waals surface area contributed by atoms with Gasteiger partial charge in [0.05, 0.1) is 4.88 Å². The molecule has 1 aromatic rings. The van der Waals surface area contributed by atoms with Gasteiger partial charge in [-0.3, -0.25) is 4.79 Å². The zero-order valence-corrected chi connectivity index (χ0v) is 12.6. The Morgan fingerprint density at radius 2 is 1.89 bits per heavy atom.